The monoisotopic (exact) mass is 287 g/mol. The summed E-state index contributed by atoms with van der Waals surface area (Å²) in [7, 11) is 3.02. The molecule has 0 aromatic heterocycles. The van der Waals surface area contributed by atoms with E-state index in [0.717, 1.165) is 5.56 Å². The lowest BCUT2D eigenvalue weighted by molar-refractivity contribution is 0.0993. The van der Waals surface area contributed by atoms with Crippen LogP contribution in [-0.2, 0) is 6.54 Å². The van der Waals surface area contributed by atoms with E-state index in [1.165, 1.54) is 31.3 Å². The Morgan fingerprint density at radius 2 is 1.95 bits per heavy atom. The van der Waals surface area contributed by atoms with Crippen LogP contribution in [0, 0.1) is 5.82 Å². The highest BCUT2D eigenvalue weighted by Crippen LogP contribution is 2.39. The average Bonchev–Trinajstić information content (AvgIpc) is 2.83. The van der Waals surface area contributed by atoms with Gasteiger partial charge < -0.3 is 14.4 Å². The Labute approximate surface area is 121 Å². The maximum absolute atomic E-state index is 13.4. The largest absolute Gasteiger partial charge is 0.493 e. The van der Waals surface area contributed by atoms with Gasteiger partial charge in [-0.2, -0.15) is 0 Å². The number of benzene rings is 2. The van der Waals surface area contributed by atoms with Crippen LogP contribution in [0.1, 0.15) is 15.9 Å². The number of fused-ring (bicyclic) bond motifs is 1. The van der Waals surface area contributed by atoms with Crippen LogP contribution < -0.4 is 14.4 Å². The van der Waals surface area contributed by atoms with E-state index < -0.39 is 0 Å². The molecule has 0 spiro atoms. The molecule has 0 bridgehead atoms. The van der Waals surface area contributed by atoms with E-state index >= 15 is 0 Å². The molecule has 2 aromatic carbocycles. The van der Waals surface area contributed by atoms with Crippen molar-refractivity contribution in [1.29, 1.82) is 0 Å². The molecule has 108 valence electrons. The quantitative estimate of drug-likeness (QED) is 0.871. The van der Waals surface area contributed by atoms with E-state index in [-0.39, 0.29) is 11.7 Å². The fraction of sp³-hybridized carbons (Fsp3) is 0.188. The number of rotatable bonds is 3. The molecule has 4 nitrogen and oxygen atoms in total. The molecule has 3 rings (SSSR count). The number of halogens is 1. The van der Waals surface area contributed by atoms with Gasteiger partial charge in [0.1, 0.15) is 5.82 Å². The SMILES string of the molecule is COc1ccc2c(c1OC)C(=O)N(c1cccc(F)c1)C2. The van der Waals surface area contributed by atoms with Gasteiger partial charge in [-0.15, -0.1) is 0 Å². The third-order valence-electron chi connectivity index (χ3n) is 3.54. The summed E-state index contributed by atoms with van der Waals surface area (Å²) in [6.07, 6.45) is 0. The standard InChI is InChI=1S/C16H14FNO3/c1-20-13-7-6-10-9-18(12-5-3-4-11(17)8-12)16(19)14(10)15(13)21-2/h3-8H,9H2,1-2H3. The lowest BCUT2D eigenvalue weighted by Gasteiger charge is -2.15. The third-order valence-corrected chi connectivity index (χ3v) is 3.54. The van der Waals surface area contributed by atoms with Crippen molar-refractivity contribution in [2.45, 2.75) is 6.54 Å². The van der Waals surface area contributed by atoms with Crippen molar-refractivity contribution in [3.05, 3.63) is 53.3 Å². The highest BCUT2D eigenvalue weighted by atomic mass is 19.1. The van der Waals surface area contributed by atoms with Gasteiger partial charge >= 0.3 is 0 Å². The number of nitrogens with zero attached hydrogens (tertiary/aromatic N) is 1. The van der Waals surface area contributed by atoms with Gasteiger partial charge in [-0.25, -0.2) is 4.39 Å². The van der Waals surface area contributed by atoms with Crippen molar-refractivity contribution >= 4 is 11.6 Å². The zero-order valence-electron chi connectivity index (χ0n) is 11.7. The van der Waals surface area contributed by atoms with E-state index in [9.17, 15) is 9.18 Å². The molecule has 1 aliphatic heterocycles. The molecule has 21 heavy (non-hydrogen) atoms. The summed E-state index contributed by atoms with van der Waals surface area (Å²) in [6.45, 7) is 0.387. The van der Waals surface area contributed by atoms with Crippen LogP contribution in [0.4, 0.5) is 10.1 Å². The van der Waals surface area contributed by atoms with Crippen LogP contribution in [-0.4, -0.2) is 20.1 Å². The van der Waals surface area contributed by atoms with Crippen LogP contribution >= 0.6 is 0 Å². The summed E-state index contributed by atoms with van der Waals surface area (Å²) in [5.74, 6) is 0.330. The zero-order valence-corrected chi connectivity index (χ0v) is 11.7. The first kappa shape index (κ1) is 13.4. The molecule has 1 amide bonds. The molecule has 2 aromatic rings. The molecule has 0 atom stereocenters. The summed E-state index contributed by atoms with van der Waals surface area (Å²) in [5.41, 5.74) is 1.83. The molecule has 0 aliphatic carbocycles. The minimum atomic E-state index is -0.374. The first-order chi connectivity index (χ1) is 10.2. The average molecular weight is 287 g/mol. The van der Waals surface area contributed by atoms with Gasteiger partial charge in [-0.05, 0) is 29.8 Å². The number of carbonyl (C=O) groups is 1. The van der Waals surface area contributed by atoms with Crippen LogP contribution in [0.2, 0.25) is 0 Å². The highest BCUT2D eigenvalue weighted by Gasteiger charge is 2.33. The van der Waals surface area contributed by atoms with Gasteiger partial charge in [0.15, 0.2) is 11.5 Å². The normalized spacial score (nSPS) is 13.3. The Bertz CT molecular complexity index is 715. The van der Waals surface area contributed by atoms with Gasteiger partial charge in [0.05, 0.1) is 26.3 Å². The maximum Gasteiger partial charge on any atom is 0.262 e. The van der Waals surface area contributed by atoms with Crippen molar-refractivity contribution in [2.75, 3.05) is 19.1 Å². The third kappa shape index (κ3) is 2.11. The Morgan fingerprint density at radius 1 is 1.14 bits per heavy atom. The summed E-state index contributed by atoms with van der Waals surface area (Å²) < 4.78 is 23.9. The molecule has 5 heteroatoms. The summed E-state index contributed by atoms with van der Waals surface area (Å²) >= 11 is 0. The number of hydrogen-bond donors (Lipinski definition) is 0. The molecule has 1 aliphatic rings. The number of amides is 1. The Kier molecular flexibility index (Phi) is 3.25. The molecular weight excluding hydrogens is 273 g/mol. The smallest absolute Gasteiger partial charge is 0.262 e. The van der Waals surface area contributed by atoms with Crippen LogP contribution in [0.3, 0.4) is 0 Å². The lowest BCUT2D eigenvalue weighted by atomic mass is 10.1. The second-order valence-electron chi connectivity index (χ2n) is 4.71. The number of anilines is 1. The Hall–Kier alpha value is -2.56. The van der Waals surface area contributed by atoms with E-state index in [1.54, 1.807) is 18.2 Å². The minimum Gasteiger partial charge on any atom is -0.493 e. The van der Waals surface area contributed by atoms with Gasteiger partial charge in [-0.1, -0.05) is 12.1 Å². The molecular formula is C16H14FNO3. The molecule has 0 unspecified atom stereocenters. The van der Waals surface area contributed by atoms with Crippen molar-refractivity contribution < 1.29 is 18.7 Å². The molecule has 0 saturated carbocycles. The van der Waals surface area contributed by atoms with E-state index in [0.29, 0.717) is 29.3 Å². The first-order valence-corrected chi connectivity index (χ1v) is 6.47. The molecule has 0 radical (unpaired) electrons. The molecule has 0 saturated heterocycles. The topological polar surface area (TPSA) is 38.8 Å². The summed E-state index contributed by atoms with van der Waals surface area (Å²) in [4.78, 5) is 14.1. The Balaban J connectivity index is 2.07. The van der Waals surface area contributed by atoms with Gasteiger partial charge in [0.2, 0.25) is 0 Å². The summed E-state index contributed by atoms with van der Waals surface area (Å²) in [5, 5.41) is 0. The molecule has 0 N–H and O–H groups in total. The van der Waals surface area contributed by atoms with Crippen molar-refractivity contribution in [2.24, 2.45) is 0 Å². The Morgan fingerprint density at radius 3 is 2.62 bits per heavy atom. The highest BCUT2D eigenvalue weighted by molar-refractivity contribution is 6.12. The second kappa shape index (κ2) is 5.09. The summed E-state index contributed by atoms with van der Waals surface area (Å²) in [6, 6.07) is 9.57. The number of hydrogen-bond acceptors (Lipinski definition) is 3. The van der Waals surface area contributed by atoms with Crippen LogP contribution in [0.15, 0.2) is 36.4 Å². The van der Waals surface area contributed by atoms with Crippen LogP contribution in [0.25, 0.3) is 0 Å². The predicted octanol–water partition coefficient (Wildman–Crippen LogP) is 3.00. The fourth-order valence-electron chi connectivity index (χ4n) is 2.56. The van der Waals surface area contributed by atoms with Gasteiger partial charge in [0.25, 0.3) is 5.91 Å². The first-order valence-electron chi connectivity index (χ1n) is 6.47. The lowest BCUT2D eigenvalue weighted by Crippen LogP contribution is -2.23. The van der Waals surface area contributed by atoms with E-state index in [4.69, 9.17) is 9.47 Å². The van der Waals surface area contributed by atoms with Crippen molar-refractivity contribution in [3.8, 4) is 11.5 Å². The fourth-order valence-corrected chi connectivity index (χ4v) is 2.56. The van der Waals surface area contributed by atoms with E-state index in [1.807, 2.05) is 6.07 Å². The molecule has 0 fully saturated rings. The number of methoxy groups -OCH3 is 2. The molecule has 1 heterocycles. The number of ether oxygens (including phenoxy) is 2. The van der Waals surface area contributed by atoms with Gasteiger partial charge in [0, 0.05) is 5.69 Å². The van der Waals surface area contributed by atoms with E-state index in [2.05, 4.69) is 0 Å². The minimum absolute atomic E-state index is 0.216. The second-order valence-corrected chi connectivity index (χ2v) is 4.71. The van der Waals surface area contributed by atoms with Crippen molar-refractivity contribution in [3.63, 3.8) is 0 Å². The van der Waals surface area contributed by atoms with Crippen molar-refractivity contribution in [1.82, 2.24) is 0 Å². The predicted molar refractivity (Wildman–Crippen MR) is 76.5 cm³/mol. The van der Waals surface area contributed by atoms with Crippen LogP contribution in [0.5, 0.6) is 11.5 Å². The maximum atomic E-state index is 13.4. The van der Waals surface area contributed by atoms with Gasteiger partial charge in [-0.3, -0.25) is 4.79 Å². The zero-order chi connectivity index (χ0) is 15.0. The number of carbonyl (C=O) groups excluding carboxylic acids is 1.